The lowest BCUT2D eigenvalue weighted by Gasteiger charge is -2.32. The largest absolute Gasteiger partial charge is 0.497 e. The molecule has 1 atom stereocenters. The molecule has 0 saturated heterocycles. The fourth-order valence-corrected chi connectivity index (χ4v) is 3.82. The van der Waals surface area contributed by atoms with Gasteiger partial charge in [0.1, 0.15) is 28.3 Å². The summed E-state index contributed by atoms with van der Waals surface area (Å²) in [7, 11) is 4.83. The number of nitrogens with zero attached hydrogens (tertiary/aromatic N) is 3. The first kappa shape index (κ1) is 26.8. The summed E-state index contributed by atoms with van der Waals surface area (Å²) in [4.78, 5) is 25.6. The Bertz CT molecular complexity index is 1190. The van der Waals surface area contributed by atoms with Crippen LogP contribution in [0.3, 0.4) is 0 Å². The molecule has 0 spiro atoms. The first-order valence-corrected chi connectivity index (χ1v) is 12.0. The number of nitrogens with one attached hydrogen (secondary N) is 3. The first-order valence-electron chi connectivity index (χ1n) is 12.0. The van der Waals surface area contributed by atoms with Crippen LogP contribution in [0.4, 0.5) is 11.8 Å². The molecule has 194 valence electrons. The summed E-state index contributed by atoms with van der Waals surface area (Å²) in [5.41, 5.74) is 1.75. The number of carbonyl (C=O) groups excluding carboxylic acids is 1. The van der Waals surface area contributed by atoms with Crippen molar-refractivity contribution in [3.8, 4) is 17.2 Å². The lowest BCUT2D eigenvalue weighted by Crippen LogP contribution is -2.46. The van der Waals surface area contributed by atoms with Crippen LogP contribution < -0.4 is 30.2 Å². The highest BCUT2D eigenvalue weighted by atomic mass is 16.5. The Kier molecular flexibility index (Phi) is 9.10. The second-order valence-electron chi connectivity index (χ2n) is 8.87. The van der Waals surface area contributed by atoms with Gasteiger partial charge in [-0.2, -0.15) is 4.98 Å². The standard InChI is InChI=1S/C26H36N6O4/c1-7-8-11-26(3,16-29-17(2)33)32-24-23-21(12-20(35-5)15-27-23)30-25(31-24)28-14-18-9-10-19(34-4)13-22(18)36-6/h9-10,12-13,15H,7-8,11,14,16H2,1-6H3,(H,29,33)(H2,28,30,31,32). The molecule has 3 N–H and O–H groups in total. The van der Waals surface area contributed by atoms with Crippen LogP contribution >= 0.6 is 0 Å². The van der Waals surface area contributed by atoms with E-state index in [-0.39, 0.29) is 5.91 Å². The number of pyridine rings is 1. The van der Waals surface area contributed by atoms with E-state index in [4.69, 9.17) is 19.2 Å². The molecule has 1 unspecified atom stereocenters. The van der Waals surface area contributed by atoms with E-state index in [0.717, 1.165) is 24.8 Å². The van der Waals surface area contributed by atoms with Gasteiger partial charge in [-0.05, 0) is 25.5 Å². The van der Waals surface area contributed by atoms with Crippen molar-refractivity contribution in [2.45, 2.75) is 52.1 Å². The summed E-state index contributed by atoms with van der Waals surface area (Å²) >= 11 is 0. The molecule has 0 aliphatic carbocycles. The Labute approximate surface area is 212 Å². The molecule has 2 aromatic heterocycles. The molecule has 0 bridgehead atoms. The third kappa shape index (κ3) is 6.87. The van der Waals surface area contributed by atoms with E-state index in [1.54, 1.807) is 27.5 Å². The molecule has 0 fully saturated rings. The molecule has 10 nitrogen and oxygen atoms in total. The Morgan fingerprint density at radius 3 is 2.50 bits per heavy atom. The molecule has 3 aromatic rings. The maximum Gasteiger partial charge on any atom is 0.225 e. The van der Waals surface area contributed by atoms with Crippen LogP contribution in [0.2, 0.25) is 0 Å². The number of methoxy groups -OCH3 is 3. The number of benzene rings is 1. The van der Waals surface area contributed by atoms with Gasteiger partial charge in [-0.1, -0.05) is 19.8 Å². The van der Waals surface area contributed by atoms with Crippen LogP contribution in [0, 0.1) is 0 Å². The molecule has 2 heterocycles. The first-order chi connectivity index (χ1) is 17.3. The summed E-state index contributed by atoms with van der Waals surface area (Å²) in [6, 6.07) is 7.47. The summed E-state index contributed by atoms with van der Waals surface area (Å²) in [6.07, 6.45) is 4.52. The third-order valence-electron chi connectivity index (χ3n) is 5.91. The molecule has 0 saturated carbocycles. The van der Waals surface area contributed by atoms with Gasteiger partial charge >= 0.3 is 0 Å². The molecule has 0 radical (unpaired) electrons. The highest BCUT2D eigenvalue weighted by Crippen LogP contribution is 2.29. The quantitative estimate of drug-likeness (QED) is 0.320. The maximum atomic E-state index is 11.6. The summed E-state index contributed by atoms with van der Waals surface area (Å²) in [5.74, 6) is 2.94. The zero-order valence-electron chi connectivity index (χ0n) is 21.9. The average Bonchev–Trinajstić information content (AvgIpc) is 2.89. The van der Waals surface area contributed by atoms with E-state index >= 15 is 0 Å². The second kappa shape index (κ2) is 12.2. The zero-order valence-corrected chi connectivity index (χ0v) is 21.9. The monoisotopic (exact) mass is 496 g/mol. The van der Waals surface area contributed by atoms with E-state index < -0.39 is 5.54 Å². The van der Waals surface area contributed by atoms with E-state index in [1.807, 2.05) is 24.3 Å². The van der Waals surface area contributed by atoms with E-state index in [2.05, 4.69) is 39.8 Å². The molecule has 1 amide bonds. The third-order valence-corrected chi connectivity index (χ3v) is 5.91. The van der Waals surface area contributed by atoms with Crippen molar-refractivity contribution in [3.05, 3.63) is 36.0 Å². The summed E-state index contributed by atoms with van der Waals surface area (Å²) in [6.45, 7) is 6.63. The zero-order chi connectivity index (χ0) is 26.1. The number of carbonyl (C=O) groups is 1. The van der Waals surface area contributed by atoms with Gasteiger partial charge in [-0.15, -0.1) is 0 Å². The minimum Gasteiger partial charge on any atom is -0.497 e. The van der Waals surface area contributed by atoms with Gasteiger partial charge in [-0.25, -0.2) is 9.97 Å². The van der Waals surface area contributed by atoms with Gasteiger partial charge < -0.3 is 30.2 Å². The average molecular weight is 497 g/mol. The molecule has 0 aliphatic rings. The van der Waals surface area contributed by atoms with Crippen molar-refractivity contribution in [3.63, 3.8) is 0 Å². The number of unbranched alkanes of at least 4 members (excludes halogenated alkanes) is 1. The smallest absolute Gasteiger partial charge is 0.225 e. The molecule has 10 heteroatoms. The maximum absolute atomic E-state index is 11.6. The lowest BCUT2D eigenvalue weighted by atomic mass is 9.94. The number of hydrogen-bond donors (Lipinski definition) is 3. The summed E-state index contributed by atoms with van der Waals surface area (Å²) in [5, 5.41) is 9.79. The molecular formula is C26H36N6O4. The van der Waals surface area contributed by atoms with E-state index in [0.29, 0.717) is 53.1 Å². The van der Waals surface area contributed by atoms with Gasteiger partial charge in [0.25, 0.3) is 0 Å². The predicted octanol–water partition coefficient (Wildman–Crippen LogP) is 4.16. The molecule has 36 heavy (non-hydrogen) atoms. The van der Waals surface area contributed by atoms with Crippen molar-refractivity contribution in [1.82, 2.24) is 20.3 Å². The Morgan fingerprint density at radius 2 is 1.83 bits per heavy atom. The number of amides is 1. The van der Waals surface area contributed by atoms with Gasteiger partial charge in [0.2, 0.25) is 11.9 Å². The number of hydrogen-bond acceptors (Lipinski definition) is 9. The van der Waals surface area contributed by atoms with Gasteiger partial charge in [0.15, 0.2) is 5.82 Å². The van der Waals surface area contributed by atoms with Crippen LogP contribution in [0.5, 0.6) is 17.2 Å². The van der Waals surface area contributed by atoms with Crippen LogP contribution in [0.25, 0.3) is 11.0 Å². The predicted molar refractivity (Wildman–Crippen MR) is 141 cm³/mol. The van der Waals surface area contributed by atoms with Crippen LogP contribution in [0.15, 0.2) is 30.5 Å². The molecule has 3 rings (SSSR count). The molecular weight excluding hydrogens is 460 g/mol. The number of anilines is 2. The second-order valence-corrected chi connectivity index (χ2v) is 8.87. The highest BCUT2D eigenvalue weighted by molar-refractivity contribution is 5.87. The van der Waals surface area contributed by atoms with Gasteiger partial charge in [0.05, 0.1) is 33.1 Å². The lowest BCUT2D eigenvalue weighted by molar-refractivity contribution is -0.119. The fourth-order valence-electron chi connectivity index (χ4n) is 3.82. The number of ether oxygens (including phenoxy) is 3. The Balaban J connectivity index is 1.96. The van der Waals surface area contributed by atoms with Crippen molar-refractivity contribution in [1.29, 1.82) is 0 Å². The van der Waals surface area contributed by atoms with Crippen molar-refractivity contribution < 1.29 is 19.0 Å². The minimum atomic E-state index is -0.430. The van der Waals surface area contributed by atoms with Gasteiger partial charge in [0, 0.05) is 37.7 Å². The van der Waals surface area contributed by atoms with Crippen LogP contribution in [-0.4, -0.2) is 54.3 Å². The van der Waals surface area contributed by atoms with Crippen LogP contribution in [0.1, 0.15) is 45.6 Å². The number of fused-ring (bicyclic) bond motifs is 1. The van der Waals surface area contributed by atoms with E-state index in [1.165, 1.54) is 6.92 Å². The van der Waals surface area contributed by atoms with Crippen molar-refractivity contribution >= 4 is 28.7 Å². The molecule has 1 aromatic carbocycles. The summed E-state index contributed by atoms with van der Waals surface area (Å²) < 4.78 is 16.2. The number of aromatic nitrogens is 3. The fraction of sp³-hybridized carbons (Fsp3) is 0.462. The number of rotatable bonds is 13. The highest BCUT2D eigenvalue weighted by Gasteiger charge is 2.26. The Hall–Kier alpha value is -3.82. The van der Waals surface area contributed by atoms with Gasteiger partial charge in [-0.3, -0.25) is 4.79 Å². The van der Waals surface area contributed by atoms with Crippen molar-refractivity contribution in [2.75, 3.05) is 38.5 Å². The van der Waals surface area contributed by atoms with Crippen molar-refractivity contribution in [2.24, 2.45) is 0 Å². The minimum absolute atomic E-state index is 0.0780. The SMILES string of the molecule is CCCCC(C)(CNC(C)=O)Nc1nc(NCc2ccc(OC)cc2OC)nc2cc(OC)cnc12. The normalized spacial score (nSPS) is 12.5. The topological polar surface area (TPSA) is 120 Å². The Morgan fingerprint density at radius 1 is 1.06 bits per heavy atom. The molecule has 0 aliphatic heterocycles. The van der Waals surface area contributed by atoms with E-state index in [9.17, 15) is 4.79 Å². The van der Waals surface area contributed by atoms with Crippen LogP contribution in [-0.2, 0) is 11.3 Å².